The van der Waals surface area contributed by atoms with Crippen LogP contribution in [0.1, 0.15) is 68.0 Å². The number of halogens is 2. The van der Waals surface area contributed by atoms with E-state index in [0.717, 1.165) is 22.0 Å². The number of alkyl halides is 1. The number of nitrogens with one attached hydrogen (secondary N) is 2. The number of nitrogens with two attached hydrogens (primary N) is 1. The summed E-state index contributed by atoms with van der Waals surface area (Å²) in [5, 5.41) is 25.9. The standard InChI is InChI=1S/C21H21N5O3.C11H11N3O2.C10H13N3O2.C10H9N3O2.C7H7Br.C4H5N3O2.ClH/c1-13-17(21(28)26(2)19-16(29-13)9-6-10-22-19)25-20(27)18-23-12-15(24-18)11-14-7-4-3-5-8-14;1-16-11(15)10-12-8-14(13-10)7-9-5-3-2-4-6-9;1-6-8(11)10(14)13(2)9-7(15-6)4-3-5-12-9;14-10(15)9-11-7-13(12-9)6-8-4-2-1-3-5-8;8-6-7-4-2-1-3-5-7;1-9-4(8)3-5-2-6-7-3;/h3-10,12-13,15,17H,11H2,1-2H3,(H,25,27);2-6,8H,7H2,1H3;3-6,8H,11H2,1-2H3;1-5,7H,6H2,(H,14,15);1-5H,6H2;2H,1H3,(H,5,6,7);1H/t13-,15?,17+;;6-,8+;;;;/m1.1..../s1. The second kappa shape index (κ2) is 36.1. The predicted molar refractivity (Wildman–Crippen MR) is 349 cm³/mol. The van der Waals surface area contributed by atoms with Gasteiger partial charge < -0.3 is 35.1 Å². The second-order valence-electron chi connectivity index (χ2n) is 19.8. The van der Waals surface area contributed by atoms with Gasteiger partial charge in [-0.1, -0.05) is 137 Å². The number of esters is 2. The van der Waals surface area contributed by atoms with Gasteiger partial charge in [-0.15, -0.1) is 22.6 Å². The third kappa shape index (κ3) is 21.1. The topological polar surface area (TPSA) is 358 Å². The zero-order chi connectivity index (χ0) is 65.9. The highest BCUT2D eigenvalue weighted by molar-refractivity contribution is 9.08. The maximum Gasteiger partial charge on any atom is 0.377 e. The van der Waals surface area contributed by atoms with Gasteiger partial charge in [-0.05, 0) is 66.8 Å². The first-order valence-corrected chi connectivity index (χ1v) is 29.3. The molecule has 28 nitrogen and oxygen atoms in total. The zero-order valence-electron chi connectivity index (χ0n) is 51.2. The largest absolute Gasteiger partial charge is 0.485 e. The van der Waals surface area contributed by atoms with Crippen molar-refractivity contribution in [1.29, 1.82) is 0 Å². The molecular formula is C63H67BrClN17O11. The van der Waals surface area contributed by atoms with E-state index in [0.29, 0.717) is 42.6 Å². The lowest BCUT2D eigenvalue weighted by molar-refractivity contribution is -0.126. The summed E-state index contributed by atoms with van der Waals surface area (Å²) in [5.74, 6) is -1.02. The average Bonchev–Trinajstić information content (AvgIpc) is 1.75. The van der Waals surface area contributed by atoms with Gasteiger partial charge >= 0.3 is 17.9 Å². The fourth-order valence-electron chi connectivity index (χ4n) is 8.41. The number of aromatic amines is 1. The summed E-state index contributed by atoms with van der Waals surface area (Å²) >= 11 is 3.36. The molecule has 4 aromatic carbocycles. The SMILES string of the molecule is BrCc1ccccc1.COC(=O)c1ncn(Cc2ccccc2)n1.COC(=O)c1ncn[nH]1.C[C@H]1Oc2cccnc2N(C)C(=O)[C@H]1N.C[C@H]1Oc2cccnc2N(C)C(=O)[C@H]1NC(=O)C1=NC(Cc2ccccc2)C=N1.Cl.O=C(O)c1ncn(Cc2ccccc2)n1. The van der Waals surface area contributed by atoms with E-state index in [-0.39, 0.29) is 59.7 Å². The van der Waals surface area contributed by atoms with Crippen LogP contribution in [-0.2, 0) is 48.7 Å². The van der Waals surface area contributed by atoms with Crippen LogP contribution in [-0.4, -0.2) is 166 Å². The van der Waals surface area contributed by atoms with Crippen molar-refractivity contribution >= 4 is 87.7 Å². The number of pyridine rings is 2. The Kier molecular flexibility index (Phi) is 27.6. The minimum absolute atomic E-state index is 0. The van der Waals surface area contributed by atoms with Gasteiger partial charge in [0.15, 0.2) is 23.1 Å². The van der Waals surface area contributed by atoms with Crippen molar-refractivity contribution in [3.8, 4) is 11.5 Å². The van der Waals surface area contributed by atoms with E-state index < -0.39 is 42.0 Å². The number of carbonyl (C=O) groups excluding carboxylic acids is 5. The minimum Gasteiger partial charge on any atom is -0.485 e. The Morgan fingerprint density at radius 2 is 1.12 bits per heavy atom. The second-order valence-corrected chi connectivity index (χ2v) is 20.4. The number of carboxylic acids is 1. The molecule has 3 aliphatic rings. The number of carbonyl (C=O) groups is 6. The number of amides is 3. The smallest absolute Gasteiger partial charge is 0.377 e. The van der Waals surface area contributed by atoms with Crippen LogP contribution in [0.3, 0.4) is 0 Å². The number of likely N-dealkylation sites (N-methyl/N-ethyl adjacent to an activating group) is 2. The van der Waals surface area contributed by atoms with E-state index in [4.69, 9.17) is 20.3 Å². The zero-order valence-corrected chi connectivity index (χ0v) is 53.6. The van der Waals surface area contributed by atoms with Crippen LogP contribution in [0.4, 0.5) is 11.6 Å². The first-order valence-electron chi connectivity index (χ1n) is 28.2. The third-order valence-electron chi connectivity index (χ3n) is 13.2. The number of carboxylic acid groups (broad SMARTS) is 1. The van der Waals surface area contributed by atoms with Crippen LogP contribution >= 0.6 is 28.3 Å². The number of aliphatic imine (C=N–C) groups is 2. The highest BCUT2D eigenvalue weighted by atomic mass is 79.9. The van der Waals surface area contributed by atoms with Crippen LogP contribution in [0, 0.1) is 0 Å². The Morgan fingerprint density at radius 3 is 1.59 bits per heavy atom. The van der Waals surface area contributed by atoms with Crippen LogP contribution in [0.25, 0.3) is 0 Å². The summed E-state index contributed by atoms with van der Waals surface area (Å²) in [6.07, 6.45) is 8.77. The molecule has 0 spiro atoms. The number of rotatable bonds is 12. The average molecular weight is 1350 g/mol. The molecule has 1 unspecified atom stereocenters. The molecule has 5 atom stereocenters. The fraction of sp³-hybridized carbons (Fsp3) is 0.238. The number of fused-ring (bicyclic) bond motifs is 2. The molecule has 30 heteroatoms. The van der Waals surface area contributed by atoms with Gasteiger partial charge in [-0.3, -0.25) is 34.3 Å². The molecule has 0 radical (unpaired) electrons. The van der Waals surface area contributed by atoms with Crippen molar-refractivity contribution < 1.29 is 52.8 Å². The fourth-order valence-corrected chi connectivity index (χ4v) is 8.78. The predicted octanol–water partition coefficient (Wildman–Crippen LogP) is 6.29. The van der Waals surface area contributed by atoms with Crippen molar-refractivity contribution in [1.82, 2.24) is 60.0 Å². The van der Waals surface area contributed by atoms with Crippen LogP contribution in [0.15, 0.2) is 187 Å². The number of aromatic carboxylic acids is 1. The molecule has 5 aromatic heterocycles. The number of aromatic nitrogens is 11. The first kappa shape index (κ1) is 71.2. The van der Waals surface area contributed by atoms with Gasteiger partial charge in [0.05, 0.1) is 33.4 Å². The van der Waals surface area contributed by atoms with Crippen molar-refractivity contribution in [2.45, 2.75) is 69.0 Å². The lowest BCUT2D eigenvalue weighted by atomic mass is 10.1. The third-order valence-corrected chi connectivity index (χ3v) is 13.8. The van der Waals surface area contributed by atoms with Crippen molar-refractivity contribution in [2.24, 2.45) is 15.7 Å². The van der Waals surface area contributed by atoms with Crippen LogP contribution in [0.2, 0.25) is 0 Å². The molecule has 0 saturated carbocycles. The van der Waals surface area contributed by atoms with E-state index in [1.165, 1.54) is 53.2 Å². The van der Waals surface area contributed by atoms with Gasteiger partial charge in [0, 0.05) is 38.0 Å². The van der Waals surface area contributed by atoms with Gasteiger partial charge in [0.1, 0.15) is 43.3 Å². The number of amidine groups is 1. The normalized spacial score (nSPS) is 16.3. The molecule has 3 aliphatic heterocycles. The molecule has 5 N–H and O–H groups in total. The lowest BCUT2D eigenvalue weighted by Crippen LogP contribution is -2.54. The van der Waals surface area contributed by atoms with Gasteiger partial charge in [0.2, 0.25) is 17.6 Å². The Bertz CT molecular complexity index is 3910. The molecule has 12 rings (SSSR count). The number of hydrogen-bond acceptors (Lipinski definition) is 21. The molecular weight excluding hydrogens is 1290 g/mol. The number of benzene rings is 4. The Morgan fingerprint density at radius 1 is 0.634 bits per heavy atom. The molecule has 93 heavy (non-hydrogen) atoms. The van der Waals surface area contributed by atoms with Crippen molar-refractivity contribution in [3.05, 3.63) is 217 Å². The van der Waals surface area contributed by atoms with E-state index in [9.17, 15) is 28.8 Å². The number of hydrogen-bond donors (Lipinski definition) is 4. The maximum absolute atomic E-state index is 12.9. The molecule has 0 saturated heterocycles. The van der Waals surface area contributed by atoms with Gasteiger partial charge in [-0.25, -0.2) is 53.7 Å². The summed E-state index contributed by atoms with van der Waals surface area (Å²) in [4.78, 5) is 100. The maximum atomic E-state index is 12.9. The molecule has 8 heterocycles. The Balaban J connectivity index is 0.000000187. The monoisotopic (exact) mass is 1350 g/mol. The van der Waals surface area contributed by atoms with Crippen LogP contribution < -0.4 is 30.3 Å². The molecule has 3 amide bonds. The number of H-pyrrole nitrogens is 1. The van der Waals surface area contributed by atoms with E-state index in [1.54, 1.807) is 75.5 Å². The lowest BCUT2D eigenvalue weighted by Gasteiger charge is -2.23. The quantitative estimate of drug-likeness (QED) is 0.0771. The van der Waals surface area contributed by atoms with E-state index >= 15 is 0 Å². The highest BCUT2D eigenvalue weighted by Crippen LogP contribution is 2.31. The van der Waals surface area contributed by atoms with Gasteiger partial charge in [-0.2, -0.15) is 5.10 Å². The highest BCUT2D eigenvalue weighted by Gasteiger charge is 2.38. The van der Waals surface area contributed by atoms with Crippen LogP contribution in [0.5, 0.6) is 11.5 Å². The molecule has 0 bridgehead atoms. The number of nitrogens with zero attached hydrogens (tertiary/aromatic N) is 14. The molecule has 0 fully saturated rings. The molecule has 9 aromatic rings. The Labute approximate surface area is 548 Å². The summed E-state index contributed by atoms with van der Waals surface area (Å²) in [6, 6.07) is 44.9. The summed E-state index contributed by atoms with van der Waals surface area (Å²) in [5.41, 5.74) is 10.3. The number of ether oxygens (including phenoxy) is 4. The van der Waals surface area contributed by atoms with Crippen molar-refractivity contribution in [3.63, 3.8) is 0 Å². The van der Waals surface area contributed by atoms with E-state index in [1.807, 2.05) is 109 Å². The summed E-state index contributed by atoms with van der Waals surface area (Å²) < 4.78 is 23.4. The summed E-state index contributed by atoms with van der Waals surface area (Å²) in [7, 11) is 5.84. The minimum atomic E-state index is -1.11. The summed E-state index contributed by atoms with van der Waals surface area (Å²) in [6.45, 7) is 4.63. The van der Waals surface area contributed by atoms with E-state index in [2.05, 4.69) is 98.2 Å². The van der Waals surface area contributed by atoms with Gasteiger partial charge in [0.25, 0.3) is 23.5 Å². The van der Waals surface area contributed by atoms with Crippen molar-refractivity contribution in [2.75, 3.05) is 38.1 Å². The molecule has 0 aliphatic carbocycles. The Hall–Kier alpha value is -10.9. The number of anilines is 2. The number of methoxy groups -OCH3 is 2. The first-order chi connectivity index (χ1) is 44.5. The molecule has 484 valence electrons.